The molecule has 5 nitrogen and oxygen atoms in total. The minimum atomic E-state index is -0.0268. The van der Waals surface area contributed by atoms with Gasteiger partial charge in [-0.15, -0.1) is 0 Å². The number of anilines is 1. The SMILES string of the molecule is CC1CCN(CC(=O)Nc2cc(C(C)C)no2)CC1. The number of nitrogens with zero attached hydrogens (tertiary/aromatic N) is 2. The van der Waals surface area contributed by atoms with Crippen molar-refractivity contribution < 1.29 is 9.32 Å². The number of aromatic nitrogens is 1. The number of hydrogen-bond donors (Lipinski definition) is 1. The fraction of sp³-hybridized carbons (Fsp3) is 0.714. The molecule has 1 aliphatic rings. The summed E-state index contributed by atoms with van der Waals surface area (Å²) in [6, 6.07) is 1.79. The van der Waals surface area contributed by atoms with E-state index in [1.807, 2.05) is 13.8 Å². The molecule has 1 amide bonds. The standard InChI is InChI=1S/C14H23N3O2/c1-10(2)12-8-14(19-16-12)15-13(18)9-17-6-4-11(3)5-7-17/h8,10-11H,4-7,9H2,1-3H3,(H,15,18). The van der Waals surface area contributed by atoms with Crippen LogP contribution < -0.4 is 5.32 Å². The fourth-order valence-electron chi connectivity index (χ4n) is 2.22. The summed E-state index contributed by atoms with van der Waals surface area (Å²) in [5, 5.41) is 6.69. The van der Waals surface area contributed by atoms with Gasteiger partial charge in [-0.05, 0) is 37.8 Å². The van der Waals surface area contributed by atoms with Crippen LogP contribution >= 0.6 is 0 Å². The maximum absolute atomic E-state index is 11.9. The maximum atomic E-state index is 11.9. The maximum Gasteiger partial charge on any atom is 0.240 e. The van der Waals surface area contributed by atoms with E-state index < -0.39 is 0 Å². The summed E-state index contributed by atoms with van der Waals surface area (Å²) < 4.78 is 5.10. The first-order valence-corrected chi connectivity index (χ1v) is 7.03. The molecular weight excluding hydrogens is 242 g/mol. The lowest BCUT2D eigenvalue weighted by molar-refractivity contribution is -0.117. The normalized spacial score (nSPS) is 17.9. The van der Waals surface area contributed by atoms with Crippen LogP contribution in [0.2, 0.25) is 0 Å². The molecule has 1 aromatic heterocycles. The van der Waals surface area contributed by atoms with E-state index in [-0.39, 0.29) is 5.91 Å². The van der Waals surface area contributed by atoms with E-state index in [1.54, 1.807) is 6.07 Å². The highest BCUT2D eigenvalue weighted by Crippen LogP contribution is 2.18. The zero-order valence-electron chi connectivity index (χ0n) is 12.0. The Hall–Kier alpha value is -1.36. The van der Waals surface area contributed by atoms with Crippen molar-refractivity contribution in [1.82, 2.24) is 10.1 Å². The lowest BCUT2D eigenvalue weighted by Crippen LogP contribution is -2.38. The summed E-state index contributed by atoms with van der Waals surface area (Å²) in [5.41, 5.74) is 0.863. The Kier molecular flexibility index (Phi) is 4.58. The summed E-state index contributed by atoms with van der Waals surface area (Å²) in [6.45, 7) is 8.78. The van der Waals surface area contributed by atoms with Gasteiger partial charge in [-0.1, -0.05) is 25.9 Å². The molecule has 106 valence electrons. The van der Waals surface area contributed by atoms with E-state index in [4.69, 9.17) is 4.52 Å². The predicted molar refractivity (Wildman–Crippen MR) is 74.1 cm³/mol. The van der Waals surface area contributed by atoms with Crippen LogP contribution in [0, 0.1) is 5.92 Å². The van der Waals surface area contributed by atoms with Crippen molar-refractivity contribution in [3.05, 3.63) is 11.8 Å². The van der Waals surface area contributed by atoms with Crippen molar-refractivity contribution in [3.8, 4) is 0 Å². The molecule has 0 bridgehead atoms. The first kappa shape index (κ1) is 14.1. The molecule has 1 fully saturated rings. The lowest BCUT2D eigenvalue weighted by Gasteiger charge is -2.29. The Morgan fingerprint density at radius 3 is 2.79 bits per heavy atom. The van der Waals surface area contributed by atoms with Crippen LogP contribution in [0.25, 0.3) is 0 Å². The van der Waals surface area contributed by atoms with Crippen molar-refractivity contribution in [3.63, 3.8) is 0 Å². The summed E-state index contributed by atoms with van der Waals surface area (Å²) in [6.07, 6.45) is 2.35. The molecule has 0 spiro atoms. The molecular formula is C14H23N3O2. The van der Waals surface area contributed by atoms with E-state index in [1.165, 1.54) is 12.8 Å². The number of amides is 1. The second-order valence-corrected chi connectivity index (χ2v) is 5.78. The number of piperidine rings is 1. The predicted octanol–water partition coefficient (Wildman–Crippen LogP) is 2.47. The molecule has 1 aliphatic heterocycles. The summed E-state index contributed by atoms with van der Waals surface area (Å²) in [7, 11) is 0. The molecule has 0 saturated carbocycles. The number of carbonyl (C=O) groups is 1. The van der Waals surface area contributed by atoms with E-state index in [0.29, 0.717) is 18.3 Å². The third-order valence-corrected chi connectivity index (χ3v) is 3.63. The van der Waals surface area contributed by atoms with Gasteiger partial charge in [-0.3, -0.25) is 15.0 Å². The second kappa shape index (κ2) is 6.19. The smallest absolute Gasteiger partial charge is 0.240 e. The quantitative estimate of drug-likeness (QED) is 0.908. The van der Waals surface area contributed by atoms with Crippen molar-refractivity contribution in [2.75, 3.05) is 25.0 Å². The number of carbonyl (C=O) groups excluding carboxylic acids is 1. The van der Waals surface area contributed by atoms with E-state index in [0.717, 1.165) is 24.7 Å². The van der Waals surface area contributed by atoms with Crippen LogP contribution in [-0.2, 0) is 4.79 Å². The van der Waals surface area contributed by atoms with Crippen LogP contribution in [-0.4, -0.2) is 35.6 Å². The Morgan fingerprint density at radius 2 is 2.21 bits per heavy atom. The molecule has 1 saturated heterocycles. The second-order valence-electron chi connectivity index (χ2n) is 5.78. The highest BCUT2D eigenvalue weighted by Gasteiger charge is 2.18. The minimum absolute atomic E-state index is 0.0268. The van der Waals surface area contributed by atoms with Gasteiger partial charge in [-0.2, -0.15) is 0 Å². The van der Waals surface area contributed by atoms with Crippen LogP contribution in [0.1, 0.15) is 45.2 Å². The Bertz CT molecular complexity index is 420. The molecule has 1 N–H and O–H groups in total. The third-order valence-electron chi connectivity index (χ3n) is 3.63. The molecule has 0 radical (unpaired) electrons. The van der Waals surface area contributed by atoms with Crippen LogP contribution in [0.4, 0.5) is 5.88 Å². The molecule has 0 unspecified atom stereocenters. The van der Waals surface area contributed by atoms with Gasteiger partial charge in [0, 0.05) is 6.07 Å². The van der Waals surface area contributed by atoms with Gasteiger partial charge in [0.05, 0.1) is 12.2 Å². The lowest BCUT2D eigenvalue weighted by atomic mass is 9.99. The monoisotopic (exact) mass is 265 g/mol. The highest BCUT2D eigenvalue weighted by atomic mass is 16.5. The third kappa shape index (κ3) is 4.06. The van der Waals surface area contributed by atoms with Crippen molar-refractivity contribution in [1.29, 1.82) is 0 Å². The Labute approximate surface area is 114 Å². The average molecular weight is 265 g/mol. The summed E-state index contributed by atoms with van der Waals surface area (Å²) >= 11 is 0. The van der Waals surface area contributed by atoms with E-state index in [9.17, 15) is 4.79 Å². The molecule has 0 aliphatic carbocycles. The first-order valence-electron chi connectivity index (χ1n) is 7.03. The van der Waals surface area contributed by atoms with E-state index in [2.05, 4.69) is 22.3 Å². The topological polar surface area (TPSA) is 58.4 Å². The minimum Gasteiger partial charge on any atom is -0.338 e. The van der Waals surface area contributed by atoms with Crippen molar-refractivity contribution >= 4 is 11.8 Å². The van der Waals surface area contributed by atoms with Gasteiger partial charge >= 0.3 is 0 Å². The molecule has 2 heterocycles. The van der Waals surface area contributed by atoms with Gasteiger partial charge in [0.15, 0.2) is 0 Å². The van der Waals surface area contributed by atoms with Crippen molar-refractivity contribution in [2.45, 2.75) is 39.5 Å². The van der Waals surface area contributed by atoms with Gasteiger partial charge in [0.1, 0.15) is 0 Å². The number of likely N-dealkylation sites (tertiary alicyclic amines) is 1. The van der Waals surface area contributed by atoms with Crippen LogP contribution in [0.15, 0.2) is 10.6 Å². The Morgan fingerprint density at radius 1 is 1.53 bits per heavy atom. The first-order chi connectivity index (χ1) is 9.04. The highest BCUT2D eigenvalue weighted by molar-refractivity contribution is 5.90. The molecule has 5 heteroatoms. The van der Waals surface area contributed by atoms with Gasteiger partial charge in [0.25, 0.3) is 0 Å². The number of hydrogen-bond acceptors (Lipinski definition) is 4. The molecule has 0 atom stereocenters. The fourth-order valence-corrected chi connectivity index (χ4v) is 2.22. The summed E-state index contributed by atoms with van der Waals surface area (Å²) in [4.78, 5) is 14.1. The number of rotatable bonds is 4. The van der Waals surface area contributed by atoms with Gasteiger partial charge < -0.3 is 4.52 Å². The van der Waals surface area contributed by atoms with Crippen LogP contribution in [0.3, 0.4) is 0 Å². The van der Waals surface area contributed by atoms with Gasteiger partial charge in [-0.25, -0.2) is 0 Å². The molecule has 19 heavy (non-hydrogen) atoms. The summed E-state index contributed by atoms with van der Waals surface area (Å²) in [5.74, 6) is 1.50. The van der Waals surface area contributed by atoms with Crippen LogP contribution in [0.5, 0.6) is 0 Å². The molecule has 2 rings (SSSR count). The largest absolute Gasteiger partial charge is 0.338 e. The average Bonchev–Trinajstić information content (AvgIpc) is 2.80. The molecule has 0 aromatic carbocycles. The number of nitrogens with one attached hydrogen (secondary N) is 1. The Balaban J connectivity index is 1.80. The van der Waals surface area contributed by atoms with E-state index >= 15 is 0 Å². The van der Waals surface area contributed by atoms with Crippen molar-refractivity contribution in [2.24, 2.45) is 5.92 Å². The zero-order chi connectivity index (χ0) is 13.8. The van der Waals surface area contributed by atoms with Gasteiger partial charge in [0.2, 0.25) is 11.8 Å². The zero-order valence-corrected chi connectivity index (χ0v) is 12.0. The molecule has 1 aromatic rings.